The SMILES string of the molecule is O=C(c1ccc(NCc2ccccn2)nn1)N1CCN(c2ccc(F)cc2)CC1. The number of carbonyl (C=O) groups excluding carboxylic acids is 1. The Balaban J connectivity index is 1.31. The zero-order chi connectivity index (χ0) is 20.1. The second-order valence-electron chi connectivity index (χ2n) is 6.73. The molecule has 1 N–H and O–H groups in total. The van der Waals surface area contributed by atoms with E-state index in [0.717, 1.165) is 11.4 Å². The van der Waals surface area contributed by atoms with Gasteiger partial charge in [0, 0.05) is 38.1 Å². The number of nitrogens with zero attached hydrogens (tertiary/aromatic N) is 5. The number of piperazine rings is 1. The van der Waals surface area contributed by atoms with Crippen LogP contribution in [0.5, 0.6) is 0 Å². The minimum absolute atomic E-state index is 0.132. The Morgan fingerprint density at radius 3 is 2.41 bits per heavy atom. The fourth-order valence-electron chi connectivity index (χ4n) is 3.21. The van der Waals surface area contributed by atoms with E-state index in [1.165, 1.54) is 12.1 Å². The lowest BCUT2D eigenvalue weighted by Gasteiger charge is -2.35. The molecule has 0 spiro atoms. The Morgan fingerprint density at radius 1 is 0.966 bits per heavy atom. The fraction of sp³-hybridized carbons (Fsp3) is 0.238. The summed E-state index contributed by atoms with van der Waals surface area (Å²) >= 11 is 0. The van der Waals surface area contributed by atoms with Crippen molar-refractivity contribution in [3.8, 4) is 0 Å². The summed E-state index contributed by atoms with van der Waals surface area (Å²) < 4.78 is 13.1. The first-order valence-electron chi connectivity index (χ1n) is 9.46. The van der Waals surface area contributed by atoms with Crippen LogP contribution in [0.4, 0.5) is 15.9 Å². The van der Waals surface area contributed by atoms with Crippen LogP contribution in [-0.4, -0.2) is 52.2 Å². The number of nitrogens with one attached hydrogen (secondary N) is 1. The van der Waals surface area contributed by atoms with Gasteiger partial charge in [-0.15, -0.1) is 10.2 Å². The third-order valence-corrected chi connectivity index (χ3v) is 4.82. The van der Waals surface area contributed by atoms with Gasteiger partial charge in [-0.2, -0.15) is 0 Å². The summed E-state index contributed by atoms with van der Waals surface area (Å²) in [5, 5.41) is 11.3. The molecule has 0 unspecified atom stereocenters. The Bertz CT molecular complexity index is 941. The highest BCUT2D eigenvalue weighted by Gasteiger charge is 2.23. The molecule has 7 nitrogen and oxygen atoms in total. The standard InChI is InChI=1S/C21H21FN6O/c22-16-4-6-18(7-5-16)27-11-13-28(14-12-27)21(29)19-8-9-20(26-25-19)24-15-17-3-1-2-10-23-17/h1-10H,11-15H2,(H,24,26). The number of benzene rings is 1. The summed E-state index contributed by atoms with van der Waals surface area (Å²) in [4.78, 5) is 20.8. The van der Waals surface area contributed by atoms with E-state index in [0.29, 0.717) is 44.2 Å². The zero-order valence-electron chi connectivity index (χ0n) is 15.8. The lowest BCUT2D eigenvalue weighted by Crippen LogP contribution is -2.49. The molecule has 3 aromatic rings. The van der Waals surface area contributed by atoms with Crippen LogP contribution in [0, 0.1) is 5.82 Å². The topological polar surface area (TPSA) is 74.2 Å². The highest BCUT2D eigenvalue weighted by atomic mass is 19.1. The van der Waals surface area contributed by atoms with Crippen LogP contribution < -0.4 is 10.2 Å². The van der Waals surface area contributed by atoms with Crippen LogP contribution in [0.2, 0.25) is 0 Å². The normalized spacial score (nSPS) is 14.0. The maximum Gasteiger partial charge on any atom is 0.274 e. The third-order valence-electron chi connectivity index (χ3n) is 4.82. The minimum atomic E-state index is -0.251. The molecular formula is C21H21FN6O. The van der Waals surface area contributed by atoms with Crippen LogP contribution in [0.15, 0.2) is 60.8 Å². The van der Waals surface area contributed by atoms with Crippen molar-refractivity contribution in [3.05, 3.63) is 78.0 Å². The predicted octanol–water partition coefficient (Wildman–Crippen LogP) is 2.59. The van der Waals surface area contributed by atoms with Gasteiger partial charge in [-0.1, -0.05) is 6.07 Å². The Morgan fingerprint density at radius 2 is 1.76 bits per heavy atom. The zero-order valence-corrected chi connectivity index (χ0v) is 15.8. The average molecular weight is 392 g/mol. The number of hydrogen-bond donors (Lipinski definition) is 1. The van der Waals surface area contributed by atoms with E-state index in [9.17, 15) is 9.18 Å². The van der Waals surface area contributed by atoms with Crippen molar-refractivity contribution in [2.45, 2.75) is 6.54 Å². The quantitative estimate of drug-likeness (QED) is 0.720. The molecule has 0 radical (unpaired) electrons. The molecule has 29 heavy (non-hydrogen) atoms. The van der Waals surface area contributed by atoms with Gasteiger partial charge in [0.25, 0.3) is 5.91 Å². The lowest BCUT2D eigenvalue weighted by molar-refractivity contribution is 0.0739. The number of halogens is 1. The van der Waals surface area contributed by atoms with Crippen molar-refractivity contribution < 1.29 is 9.18 Å². The van der Waals surface area contributed by atoms with Crippen molar-refractivity contribution >= 4 is 17.4 Å². The molecule has 0 saturated carbocycles. The molecule has 1 aliphatic rings. The molecule has 4 rings (SSSR count). The predicted molar refractivity (Wildman–Crippen MR) is 108 cm³/mol. The molecular weight excluding hydrogens is 371 g/mol. The molecule has 1 aromatic carbocycles. The van der Waals surface area contributed by atoms with Gasteiger partial charge in [-0.3, -0.25) is 9.78 Å². The maximum absolute atomic E-state index is 13.1. The lowest BCUT2D eigenvalue weighted by atomic mass is 10.2. The van der Waals surface area contributed by atoms with Crippen molar-refractivity contribution in [3.63, 3.8) is 0 Å². The van der Waals surface area contributed by atoms with Gasteiger partial charge in [0.2, 0.25) is 0 Å². The number of aromatic nitrogens is 3. The van der Waals surface area contributed by atoms with Gasteiger partial charge < -0.3 is 15.1 Å². The molecule has 0 bridgehead atoms. The van der Waals surface area contributed by atoms with Crippen LogP contribution in [0.3, 0.4) is 0 Å². The van der Waals surface area contributed by atoms with Crippen molar-refractivity contribution in [2.24, 2.45) is 0 Å². The van der Waals surface area contributed by atoms with Gasteiger partial charge in [0.15, 0.2) is 5.69 Å². The van der Waals surface area contributed by atoms with Gasteiger partial charge >= 0.3 is 0 Å². The van der Waals surface area contributed by atoms with E-state index in [-0.39, 0.29) is 11.7 Å². The largest absolute Gasteiger partial charge is 0.368 e. The van der Waals surface area contributed by atoms with E-state index in [1.54, 1.807) is 35.4 Å². The average Bonchev–Trinajstić information content (AvgIpc) is 2.79. The van der Waals surface area contributed by atoms with Crippen molar-refractivity contribution in [1.29, 1.82) is 0 Å². The van der Waals surface area contributed by atoms with Gasteiger partial charge in [0.1, 0.15) is 11.6 Å². The molecule has 2 aromatic heterocycles. The van der Waals surface area contributed by atoms with Crippen molar-refractivity contribution in [1.82, 2.24) is 20.1 Å². The highest BCUT2D eigenvalue weighted by molar-refractivity contribution is 5.92. The number of pyridine rings is 1. The minimum Gasteiger partial charge on any atom is -0.368 e. The van der Waals surface area contributed by atoms with E-state index in [4.69, 9.17) is 0 Å². The first-order chi connectivity index (χ1) is 14.2. The van der Waals surface area contributed by atoms with Crippen LogP contribution in [-0.2, 0) is 6.54 Å². The van der Waals surface area contributed by atoms with E-state index < -0.39 is 0 Å². The van der Waals surface area contributed by atoms with E-state index in [1.807, 2.05) is 18.2 Å². The second-order valence-corrected chi connectivity index (χ2v) is 6.73. The molecule has 3 heterocycles. The fourth-order valence-corrected chi connectivity index (χ4v) is 3.21. The molecule has 0 atom stereocenters. The number of rotatable bonds is 5. The van der Waals surface area contributed by atoms with Crippen molar-refractivity contribution in [2.75, 3.05) is 36.4 Å². The first kappa shape index (κ1) is 18.8. The smallest absolute Gasteiger partial charge is 0.274 e. The van der Waals surface area contributed by atoms with Crippen LogP contribution >= 0.6 is 0 Å². The van der Waals surface area contributed by atoms with Gasteiger partial charge in [0.05, 0.1) is 12.2 Å². The first-order valence-corrected chi connectivity index (χ1v) is 9.46. The summed E-state index contributed by atoms with van der Waals surface area (Å²) in [5.41, 5.74) is 2.18. The Kier molecular flexibility index (Phi) is 5.60. The summed E-state index contributed by atoms with van der Waals surface area (Å²) in [7, 11) is 0. The number of hydrogen-bond acceptors (Lipinski definition) is 6. The maximum atomic E-state index is 13.1. The third kappa shape index (κ3) is 4.66. The Hall–Kier alpha value is -3.55. The summed E-state index contributed by atoms with van der Waals surface area (Å²) in [6.07, 6.45) is 1.74. The summed E-state index contributed by atoms with van der Waals surface area (Å²) in [6.45, 7) is 3.08. The van der Waals surface area contributed by atoms with Gasteiger partial charge in [-0.25, -0.2) is 4.39 Å². The number of anilines is 2. The molecule has 1 saturated heterocycles. The summed E-state index contributed by atoms with van der Waals surface area (Å²) in [5.74, 6) is 0.208. The molecule has 8 heteroatoms. The molecule has 0 aliphatic carbocycles. The number of amides is 1. The Labute approximate surface area is 168 Å². The van der Waals surface area contributed by atoms with Gasteiger partial charge in [-0.05, 0) is 48.5 Å². The molecule has 1 aliphatic heterocycles. The molecule has 1 fully saturated rings. The second kappa shape index (κ2) is 8.64. The number of carbonyl (C=O) groups is 1. The molecule has 148 valence electrons. The highest BCUT2D eigenvalue weighted by Crippen LogP contribution is 2.17. The van der Waals surface area contributed by atoms with E-state index in [2.05, 4.69) is 25.4 Å². The van der Waals surface area contributed by atoms with E-state index >= 15 is 0 Å². The van der Waals surface area contributed by atoms with Crippen LogP contribution in [0.1, 0.15) is 16.2 Å². The summed E-state index contributed by atoms with van der Waals surface area (Å²) in [6, 6.07) is 15.6. The van der Waals surface area contributed by atoms with Crippen LogP contribution in [0.25, 0.3) is 0 Å². The molecule has 1 amide bonds. The monoisotopic (exact) mass is 392 g/mol.